The van der Waals surface area contributed by atoms with E-state index in [4.69, 9.17) is 0 Å². The van der Waals surface area contributed by atoms with Gasteiger partial charge in [0.2, 0.25) is 5.91 Å². The van der Waals surface area contributed by atoms with Crippen molar-refractivity contribution >= 4 is 24.4 Å². The molecule has 1 fully saturated rings. The largest absolute Gasteiger partial charge is 0.344 e. The van der Waals surface area contributed by atoms with Gasteiger partial charge in [0.1, 0.15) is 12.4 Å². The summed E-state index contributed by atoms with van der Waals surface area (Å²) in [6.07, 6.45) is 0.739. The van der Waals surface area contributed by atoms with Gasteiger partial charge < -0.3 is 9.80 Å². The normalized spacial score (nSPS) is 16.5. The predicted octanol–water partition coefficient (Wildman–Crippen LogP) is 1.42. The average molecular weight is 282 g/mol. The average Bonchev–Trinajstić information content (AvgIpc) is 2.55. The lowest BCUT2D eigenvalue weighted by atomic mass is 10.2. The summed E-state index contributed by atoms with van der Waals surface area (Å²) in [6, 6.07) is 4.01. The van der Waals surface area contributed by atoms with Crippen LogP contribution in [0.4, 0.5) is 4.39 Å². The maximum absolute atomic E-state index is 13.1. The van der Waals surface area contributed by atoms with Gasteiger partial charge in [-0.05, 0) is 24.6 Å². The SMILES string of the molecule is CN1CCCN(C(=O)c2ccc(F)c(S)c2)CC1=O. The van der Waals surface area contributed by atoms with Crippen LogP contribution in [0, 0.1) is 5.82 Å². The zero-order valence-corrected chi connectivity index (χ0v) is 11.5. The fourth-order valence-electron chi connectivity index (χ4n) is 1.99. The van der Waals surface area contributed by atoms with E-state index in [2.05, 4.69) is 12.6 Å². The van der Waals surface area contributed by atoms with Crippen molar-refractivity contribution in [2.45, 2.75) is 11.3 Å². The Morgan fingerprint density at radius 2 is 2.11 bits per heavy atom. The molecule has 0 saturated carbocycles. The van der Waals surface area contributed by atoms with E-state index in [0.29, 0.717) is 18.7 Å². The Hall–Kier alpha value is -1.56. The Kier molecular flexibility index (Phi) is 4.09. The van der Waals surface area contributed by atoms with E-state index in [9.17, 15) is 14.0 Å². The maximum atomic E-state index is 13.1. The predicted molar refractivity (Wildman–Crippen MR) is 71.8 cm³/mol. The van der Waals surface area contributed by atoms with Gasteiger partial charge in [-0.3, -0.25) is 9.59 Å². The van der Waals surface area contributed by atoms with Gasteiger partial charge in [-0.25, -0.2) is 4.39 Å². The zero-order chi connectivity index (χ0) is 14.0. The highest BCUT2D eigenvalue weighted by atomic mass is 32.1. The molecule has 0 bridgehead atoms. The molecule has 6 heteroatoms. The molecular weight excluding hydrogens is 267 g/mol. The molecule has 1 saturated heterocycles. The molecule has 0 aliphatic carbocycles. The molecule has 19 heavy (non-hydrogen) atoms. The van der Waals surface area contributed by atoms with Crippen LogP contribution < -0.4 is 0 Å². The quantitative estimate of drug-likeness (QED) is 0.791. The summed E-state index contributed by atoms with van der Waals surface area (Å²) in [4.78, 5) is 27.2. The molecule has 0 radical (unpaired) electrons. The number of amides is 2. The van der Waals surface area contributed by atoms with Gasteiger partial charge in [-0.2, -0.15) is 0 Å². The molecule has 1 aromatic carbocycles. The van der Waals surface area contributed by atoms with Crippen molar-refractivity contribution in [1.82, 2.24) is 9.80 Å². The number of carbonyl (C=O) groups excluding carboxylic acids is 2. The minimum Gasteiger partial charge on any atom is -0.344 e. The molecule has 1 heterocycles. The van der Waals surface area contributed by atoms with Gasteiger partial charge in [0, 0.05) is 30.6 Å². The molecule has 0 spiro atoms. The van der Waals surface area contributed by atoms with E-state index in [-0.39, 0.29) is 23.3 Å². The standard InChI is InChI=1S/C13H15FN2O2S/c1-15-5-2-6-16(8-12(15)17)13(18)9-3-4-10(14)11(19)7-9/h3-4,7,19H,2,5-6,8H2,1H3. The lowest BCUT2D eigenvalue weighted by Gasteiger charge is -2.20. The molecule has 0 unspecified atom stereocenters. The Morgan fingerprint density at radius 1 is 1.37 bits per heavy atom. The fraction of sp³-hybridized carbons (Fsp3) is 0.385. The zero-order valence-electron chi connectivity index (χ0n) is 10.6. The van der Waals surface area contributed by atoms with E-state index in [1.54, 1.807) is 11.9 Å². The molecule has 1 aliphatic heterocycles. The van der Waals surface area contributed by atoms with Crippen LogP contribution in [-0.4, -0.2) is 48.3 Å². The lowest BCUT2D eigenvalue weighted by molar-refractivity contribution is -0.129. The van der Waals surface area contributed by atoms with E-state index in [1.165, 1.54) is 23.1 Å². The topological polar surface area (TPSA) is 40.6 Å². The van der Waals surface area contributed by atoms with Crippen molar-refractivity contribution in [1.29, 1.82) is 0 Å². The van der Waals surface area contributed by atoms with Gasteiger partial charge in [0.05, 0.1) is 0 Å². The summed E-state index contributed by atoms with van der Waals surface area (Å²) in [7, 11) is 1.72. The molecule has 2 rings (SSSR count). The van der Waals surface area contributed by atoms with Crippen LogP contribution >= 0.6 is 12.6 Å². The Balaban J connectivity index is 2.18. The first-order chi connectivity index (χ1) is 8.99. The third kappa shape index (κ3) is 3.07. The summed E-state index contributed by atoms with van der Waals surface area (Å²) in [5.74, 6) is -0.815. The third-order valence-corrected chi connectivity index (χ3v) is 3.50. The molecule has 1 aromatic rings. The van der Waals surface area contributed by atoms with Crippen molar-refractivity contribution in [3.8, 4) is 0 Å². The molecule has 102 valence electrons. The van der Waals surface area contributed by atoms with Gasteiger partial charge >= 0.3 is 0 Å². The highest BCUT2D eigenvalue weighted by Gasteiger charge is 2.23. The highest BCUT2D eigenvalue weighted by Crippen LogP contribution is 2.16. The molecule has 1 aliphatic rings. The minimum absolute atomic E-state index is 0.0641. The van der Waals surface area contributed by atoms with Crippen LogP contribution in [0.1, 0.15) is 16.8 Å². The van der Waals surface area contributed by atoms with Crippen molar-refractivity contribution in [2.24, 2.45) is 0 Å². The van der Waals surface area contributed by atoms with Crippen LogP contribution in [0.5, 0.6) is 0 Å². The van der Waals surface area contributed by atoms with Gasteiger partial charge in [0.15, 0.2) is 0 Å². The number of halogens is 1. The van der Waals surface area contributed by atoms with Crippen LogP contribution in [0.2, 0.25) is 0 Å². The summed E-state index contributed by atoms with van der Waals surface area (Å²) in [5.41, 5.74) is 0.351. The van der Waals surface area contributed by atoms with Gasteiger partial charge in [0.25, 0.3) is 5.91 Å². The summed E-state index contributed by atoms with van der Waals surface area (Å²) < 4.78 is 13.1. The summed E-state index contributed by atoms with van der Waals surface area (Å²) >= 11 is 3.96. The fourth-order valence-corrected chi connectivity index (χ4v) is 2.20. The van der Waals surface area contributed by atoms with Crippen molar-refractivity contribution < 1.29 is 14.0 Å². The molecular formula is C13H15FN2O2S. The lowest BCUT2D eigenvalue weighted by Crippen LogP contribution is -2.38. The number of nitrogens with zero attached hydrogens (tertiary/aromatic N) is 2. The number of benzene rings is 1. The van der Waals surface area contributed by atoms with E-state index in [0.717, 1.165) is 6.42 Å². The first kappa shape index (κ1) is 13.9. The Bertz CT molecular complexity index is 521. The van der Waals surface area contributed by atoms with Crippen LogP contribution in [-0.2, 0) is 4.79 Å². The number of hydrogen-bond donors (Lipinski definition) is 1. The number of rotatable bonds is 1. The highest BCUT2D eigenvalue weighted by molar-refractivity contribution is 7.80. The second-order valence-corrected chi connectivity index (χ2v) is 5.04. The first-order valence-electron chi connectivity index (χ1n) is 6.01. The Labute approximate surface area is 116 Å². The van der Waals surface area contributed by atoms with Crippen molar-refractivity contribution in [2.75, 3.05) is 26.7 Å². The number of carbonyl (C=O) groups is 2. The van der Waals surface area contributed by atoms with E-state index >= 15 is 0 Å². The summed E-state index contributed by atoms with van der Waals surface area (Å²) in [5, 5.41) is 0. The molecule has 0 N–H and O–H groups in total. The Morgan fingerprint density at radius 3 is 2.79 bits per heavy atom. The maximum Gasteiger partial charge on any atom is 0.254 e. The van der Waals surface area contributed by atoms with Crippen LogP contribution in [0.15, 0.2) is 23.1 Å². The minimum atomic E-state index is -0.466. The number of likely N-dealkylation sites (N-methyl/N-ethyl adjacent to an activating group) is 1. The second kappa shape index (κ2) is 5.61. The molecule has 0 aromatic heterocycles. The monoisotopic (exact) mass is 282 g/mol. The number of hydrogen-bond acceptors (Lipinski definition) is 3. The van der Waals surface area contributed by atoms with Crippen LogP contribution in [0.3, 0.4) is 0 Å². The van der Waals surface area contributed by atoms with Gasteiger partial charge in [-0.15, -0.1) is 12.6 Å². The number of thiol groups is 1. The van der Waals surface area contributed by atoms with Crippen molar-refractivity contribution in [3.63, 3.8) is 0 Å². The van der Waals surface area contributed by atoms with Crippen LogP contribution in [0.25, 0.3) is 0 Å². The second-order valence-electron chi connectivity index (χ2n) is 4.56. The molecule has 4 nitrogen and oxygen atoms in total. The van der Waals surface area contributed by atoms with Crippen molar-refractivity contribution in [3.05, 3.63) is 29.6 Å². The van der Waals surface area contributed by atoms with E-state index in [1.807, 2.05) is 0 Å². The summed E-state index contributed by atoms with van der Waals surface area (Å²) in [6.45, 7) is 1.23. The molecule has 2 amide bonds. The first-order valence-corrected chi connectivity index (χ1v) is 6.45. The molecule has 0 atom stereocenters. The third-order valence-electron chi connectivity index (χ3n) is 3.15. The smallest absolute Gasteiger partial charge is 0.254 e. The van der Waals surface area contributed by atoms with Gasteiger partial charge in [-0.1, -0.05) is 0 Å². The van der Waals surface area contributed by atoms with E-state index < -0.39 is 5.82 Å².